The van der Waals surface area contributed by atoms with Crippen molar-refractivity contribution in [2.75, 3.05) is 13.1 Å². The molecule has 0 spiro atoms. The Labute approximate surface area is 92.2 Å². The summed E-state index contributed by atoms with van der Waals surface area (Å²) < 4.78 is 0. The number of carbonyl (C=O) groups is 1. The molecule has 4 heteroatoms. The van der Waals surface area contributed by atoms with Gasteiger partial charge in [0.2, 0.25) is 5.91 Å². The van der Waals surface area contributed by atoms with E-state index in [9.17, 15) is 4.79 Å². The van der Waals surface area contributed by atoms with Gasteiger partial charge in [0.05, 0.1) is 5.92 Å². The molecule has 0 aromatic carbocycles. The van der Waals surface area contributed by atoms with Gasteiger partial charge in [-0.1, -0.05) is 19.8 Å². The Morgan fingerprint density at radius 1 is 1.20 bits per heavy atom. The van der Waals surface area contributed by atoms with E-state index in [0.29, 0.717) is 0 Å². The third-order valence-corrected chi connectivity index (χ3v) is 3.50. The molecule has 0 aromatic rings. The highest BCUT2D eigenvalue weighted by atomic mass is 16.2. The zero-order valence-electron chi connectivity index (χ0n) is 9.83. The van der Waals surface area contributed by atoms with Gasteiger partial charge in [-0.05, 0) is 32.9 Å². The first-order valence-electron chi connectivity index (χ1n) is 5.91. The summed E-state index contributed by atoms with van der Waals surface area (Å²) in [7, 11) is 0. The fourth-order valence-corrected chi connectivity index (χ4v) is 2.17. The highest BCUT2D eigenvalue weighted by molar-refractivity contribution is 5.78. The smallest absolute Gasteiger partial charge is 0.238 e. The van der Waals surface area contributed by atoms with Crippen molar-refractivity contribution < 1.29 is 4.79 Å². The monoisotopic (exact) mass is 213 g/mol. The van der Waals surface area contributed by atoms with Crippen molar-refractivity contribution in [3.05, 3.63) is 0 Å². The minimum atomic E-state index is -0.0632. The molecule has 1 saturated heterocycles. The van der Waals surface area contributed by atoms with Gasteiger partial charge in [0.15, 0.2) is 0 Å². The van der Waals surface area contributed by atoms with E-state index >= 15 is 0 Å². The van der Waals surface area contributed by atoms with Crippen molar-refractivity contribution in [2.24, 2.45) is 11.8 Å². The number of rotatable bonds is 3. The average Bonchev–Trinajstić information content (AvgIpc) is 2.54. The molecule has 0 radical (unpaired) electrons. The lowest BCUT2D eigenvalue weighted by atomic mass is 10.0. The molecule has 3 N–H and O–H groups in total. The first kappa shape index (κ1) is 12.5. The predicted octanol–water partition coefficient (Wildman–Crippen LogP) is 0.877. The number of carbonyl (C=O) groups excluding carboxylic acids is 1. The van der Waals surface area contributed by atoms with E-state index in [4.69, 9.17) is 5.84 Å². The van der Waals surface area contributed by atoms with E-state index in [1.165, 1.54) is 25.7 Å². The van der Waals surface area contributed by atoms with Crippen LogP contribution in [0.5, 0.6) is 0 Å². The van der Waals surface area contributed by atoms with Crippen molar-refractivity contribution in [1.82, 2.24) is 10.3 Å². The average molecular weight is 213 g/mol. The first-order chi connectivity index (χ1) is 7.16. The first-order valence-corrected chi connectivity index (χ1v) is 5.91. The molecule has 88 valence electrons. The third kappa shape index (κ3) is 3.47. The van der Waals surface area contributed by atoms with Crippen LogP contribution in [-0.4, -0.2) is 29.9 Å². The highest BCUT2D eigenvalue weighted by Crippen LogP contribution is 2.17. The van der Waals surface area contributed by atoms with Gasteiger partial charge in [0, 0.05) is 6.04 Å². The zero-order chi connectivity index (χ0) is 11.3. The molecule has 1 rings (SSSR count). The Morgan fingerprint density at radius 3 is 2.20 bits per heavy atom. The van der Waals surface area contributed by atoms with Crippen LogP contribution < -0.4 is 11.3 Å². The Balaban J connectivity index is 2.49. The summed E-state index contributed by atoms with van der Waals surface area (Å²) in [4.78, 5) is 13.8. The summed E-state index contributed by atoms with van der Waals surface area (Å²) in [6.07, 6.45) is 5.14. The molecule has 2 atom stereocenters. The van der Waals surface area contributed by atoms with E-state index in [1.54, 1.807) is 0 Å². The van der Waals surface area contributed by atoms with Gasteiger partial charge in [-0.15, -0.1) is 0 Å². The van der Waals surface area contributed by atoms with Gasteiger partial charge in [-0.3, -0.25) is 15.1 Å². The van der Waals surface area contributed by atoms with Gasteiger partial charge < -0.3 is 0 Å². The Morgan fingerprint density at radius 2 is 1.73 bits per heavy atom. The van der Waals surface area contributed by atoms with Crippen molar-refractivity contribution in [2.45, 2.75) is 45.6 Å². The molecule has 0 saturated carbocycles. The second-order valence-electron chi connectivity index (χ2n) is 4.49. The topological polar surface area (TPSA) is 58.4 Å². The Bertz CT molecular complexity index is 200. The van der Waals surface area contributed by atoms with Crippen LogP contribution in [0.15, 0.2) is 0 Å². The molecular formula is C11H23N3O. The molecule has 1 heterocycles. The molecule has 0 aliphatic carbocycles. The summed E-state index contributed by atoms with van der Waals surface area (Å²) in [6.45, 7) is 6.29. The minimum absolute atomic E-state index is 0.0342. The van der Waals surface area contributed by atoms with Gasteiger partial charge >= 0.3 is 0 Å². The lowest BCUT2D eigenvalue weighted by Gasteiger charge is -2.31. The maximum atomic E-state index is 11.4. The van der Waals surface area contributed by atoms with E-state index in [1.807, 2.05) is 6.92 Å². The van der Waals surface area contributed by atoms with Crippen molar-refractivity contribution in [3.8, 4) is 0 Å². The molecule has 15 heavy (non-hydrogen) atoms. The van der Waals surface area contributed by atoms with Gasteiger partial charge in [-0.25, -0.2) is 5.84 Å². The molecule has 2 unspecified atom stereocenters. The SMILES string of the molecule is CC(C(=O)NN)C(C)N1CCCCCC1. The van der Waals surface area contributed by atoms with Gasteiger partial charge in [-0.2, -0.15) is 0 Å². The van der Waals surface area contributed by atoms with Crippen molar-refractivity contribution in [1.29, 1.82) is 0 Å². The standard InChI is InChI=1S/C11H23N3O/c1-9(11(15)13-12)10(2)14-7-5-3-4-6-8-14/h9-10H,3-8,12H2,1-2H3,(H,13,15). The fourth-order valence-electron chi connectivity index (χ4n) is 2.17. The number of amides is 1. The maximum Gasteiger partial charge on any atom is 0.238 e. The lowest BCUT2D eigenvalue weighted by Crippen LogP contribution is -2.46. The summed E-state index contributed by atoms with van der Waals surface area (Å²) in [5.41, 5.74) is 2.23. The van der Waals surface area contributed by atoms with Gasteiger partial charge in [0.1, 0.15) is 0 Å². The molecule has 1 fully saturated rings. The fraction of sp³-hybridized carbons (Fsp3) is 0.909. The molecule has 0 aromatic heterocycles. The molecule has 4 nitrogen and oxygen atoms in total. The van der Waals surface area contributed by atoms with Crippen LogP contribution in [0.25, 0.3) is 0 Å². The number of hydrogen-bond acceptors (Lipinski definition) is 3. The summed E-state index contributed by atoms with van der Waals surface area (Å²) >= 11 is 0. The van der Waals surface area contributed by atoms with Gasteiger partial charge in [0.25, 0.3) is 0 Å². The van der Waals surface area contributed by atoms with E-state index in [2.05, 4.69) is 17.2 Å². The van der Waals surface area contributed by atoms with Crippen LogP contribution in [0.4, 0.5) is 0 Å². The summed E-state index contributed by atoms with van der Waals surface area (Å²) in [5, 5.41) is 0. The minimum Gasteiger partial charge on any atom is -0.300 e. The second kappa shape index (κ2) is 6.08. The zero-order valence-corrected chi connectivity index (χ0v) is 9.83. The van der Waals surface area contributed by atoms with E-state index in [-0.39, 0.29) is 17.9 Å². The number of hydrazine groups is 1. The quantitative estimate of drug-likeness (QED) is 0.415. The normalized spacial score (nSPS) is 22.9. The third-order valence-electron chi connectivity index (χ3n) is 3.50. The van der Waals surface area contributed by atoms with Crippen LogP contribution in [0.3, 0.4) is 0 Å². The highest BCUT2D eigenvalue weighted by Gasteiger charge is 2.25. The van der Waals surface area contributed by atoms with Crippen molar-refractivity contribution >= 4 is 5.91 Å². The van der Waals surface area contributed by atoms with E-state index < -0.39 is 0 Å². The summed E-state index contributed by atoms with van der Waals surface area (Å²) in [6, 6.07) is 0.284. The number of hydrogen-bond donors (Lipinski definition) is 2. The Kier molecular flexibility index (Phi) is 5.05. The molecule has 0 bridgehead atoms. The van der Waals surface area contributed by atoms with Crippen LogP contribution in [0.2, 0.25) is 0 Å². The molecule has 1 aliphatic heterocycles. The van der Waals surface area contributed by atoms with Crippen LogP contribution >= 0.6 is 0 Å². The molecule has 1 aliphatic rings. The Hall–Kier alpha value is -0.610. The molecular weight excluding hydrogens is 190 g/mol. The number of likely N-dealkylation sites (tertiary alicyclic amines) is 1. The second-order valence-corrected chi connectivity index (χ2v) is 4.49. The number of nitrogens with one attached hydrogen (secondary N) is 1. The molecule has 1 amide bonds. The van der Waals surface area contributed by atoms with Crippen molar-refractivity contribution in [3.63, 3.8) is 0 Å². The van der Waals surface area contributed by atoms with Crippen LogP contribution in [0, 0.1) is 5.92 Å². The predicted molar refractivity (Wildman–Crippen MR) is 61.0 cm³/mol. The summed E-state index contributed by atoms with van der Waals surface area (Å²) in [5.74, 6) is 5.06. The number of nitrogens with zero attached hydrogens (tertiary/aromatic N) is 1. The maximum absolute atomic E-state index is 11.4. The van der Waals surface area contributed by atoms with E-state index in [0.717, 1.165) is 13.1 Å². The largest absolute Gasteiger partial charge is 0.300 e. The number of nitrogens with two attached hydrogens (primary N) is 1. The van der Waals surface area contributed by atoms with Crippen LogP contribution in [-0.2, 0) is 4.79 Å². The van der Waals surface area contributed by atoms with Crippen LogP contribution in [0.1, 0.15) is 39.5 Å². The lowest BCUT2D eigenvalue weighted by molar-refractivity contribution is -0.126.